The first-order valence-corrected chi connectivity index (χ1v) is 7.37. The molecule has 0 saturated heterocycles. The van der Waals surface area contributed by atoms with E-state index in [0.717, 1.165) is 11.3 Å². The molecule has 0 aliphatic rings. The number of rotatable bonds is 3. The summed E-state index contributed by atoms with van der Waals surface area (Å²) in [5.41, 5.74) is 2.10. The maximum absolute atomic E-state index is 12.2. The van der Waals surface area contributed by atoms with E-state index in [1.54, 1.807) is 10.9 Å². The van der Waals surface area contributed by atoms with Gasteiger partial charge in [0.25, 0.3) is 5.56 Å². The number of aromatic nitrogens is 4. The van der Waals surface area contributed by atoms with Crippen LogP contribution < -0.4 is 5.56 Å². The summed E-state index contributed by atoms with van der Waals surface area (Å²) in [6.45, 7) is 2.70. The molecule has 6 heteroatoms. The Balaban J connectivity index is 2.22. The van der Waals surface area contributed by atoms with Crippen molar-refractivity contribution < 1.29 is 0 Å². The molecule has 0 atom stereocenters. The minimum Gasteiger partial charge on any atom is -0.304 e. The van der Waals surface area contributed by atoms with E-state index in [1.165, 1.54) is 0 Å². The van der Waals surface area contributed by atoms with Crippen molar-refractivity contribution in [1.29, 1.82) is 0 Å². The first kappa shape index (κ1) is 13.8. The van der Waals surface area contributed by atoms with Gasteiger partial charge in [0.05, 0.1) is 5.69 Å². The third kappa shape index (κ3) is 2.54. The number of nitrogens with one attached hydrogen (secondary N) is 1. The largest absolute Gasteiger partial charge is 0.304 e. The normalized spacial score (nSPS) is 10.8. The standard InChI is InChI=1S/C15H13BrN4O/c1-2-20-11(8-9-17-20)14-18-13(12(16)15(21)19-14)10-6-4-3-5-7-10/h3-9H,2H2,1H3,(H,18,19,21). The van der Waals surface area contributed by atoms with Crippen molar-refractivity contribution in [3.8, 4) is 22.8 Å². The number of hydrogen-bond donors (Lipinski definition) is 1. The maximum Gasteiger partial charge on any atom is 0.266 e. The molecule has 2 heterocycles. The van der Waals surface area contributed by atoms with Crippen LogP contribution in [0.4, 0.5) is 0 Å². The van der Waals surface area contributed by atoms with Crippen molar-refractivity contribution >= 4 is 15.9 Å². The van der Waals surface area contributed by atoms with Crippen molar-refractivity contribution in [2.75, 3.05) is 0 Å². The Bertz CT molecular complexity index is 823. The quantitative estimate of drug-likeness (QED) is 0.793. The number of aromatic amines is 1. The highest BCUT2D eigenvalue weighted by Gasteiger charge is 2.14. The van der Waals surface area contributed by atoms with E-state index in [2.05, 4.69) is 31.0 Å². The summed E-state index contributed by atoms with van der Waals surface area (Å²) in [5.74, 6) is 0.515. The van der Waals surface area contributed by atoms with Gasteiger partial charge in [-0.25, -0.2) is 4.98 Å². The van der Waals surface area contributed by atoms with Gasteiger partial charge < -0.3 is 4.98 Å². The van der Waals surface area contributed by atoms with E-state index in [-0.39, 0.29) is 5.56 Å². The summed E-state index contributed by atoms with van der Waals surface area (Å²) in [4.78, 5) is 19.5. The number of aryl methyl sites for hydroxylation is 1. The molecule has 5 nitrogen and oxygen atoms in total. The number of H-pyrrole nitrogens is 1. The van der Waals surface area contributed by atoms with Gasteiger partial charge in [-0.2, -0.15) is 5.10 Å². The molecule has 0 amide bonds. The Morgan fingerprint density at radius 3 is 2.71 bits per heavy atom. The Hall–Kier alpha value is -2.21. The average molecular weight is 345 g/mol. The molecule has 0 aliphatic heterocycles. The first-order chi connectivity index (χ1) is 10.2. The second-order valence-electron chi connectivity index (χ2n) is 4.48. The molecular weight excluding hydrogens is 332 g/mol. The van der Waals surface area contributed by atoms with E-state index >= 15 is 0 Å². The molecule has 2 aromatic heterocycles. The fraction of sp³-hybridized carbons (Fsp3) is 0.133. The monoisotopic (exact) mass is 344 g/mol. The predicted molar refractivity (Wildman–Crippen MR) is 84.9 cm³/mol. The molecule has 0 radical (unpaired) electrons. The maximum atomic E-state index is 12.2. The van der Waals surface area contributed by atoms with E-state index in [9.17, 15) is 4.79 Å². The topological polar surface area (TPSA) is 63.6 Å². The summed E-state index contributed by atoms with van der Waals surface area (Å²) in [7, 11) is 0. The molecule has 0 fully saturated rings. The van der Waals surface area contributed by atoms with Crippen LogP contribution in [-0.2, 0) is 6.54 Å². The van der Waals surface area contributed by atoms with Gasteiger partial charge in [-0.3, -0.25) is 9.48 Å². The van der Waals surface area contributed by atoms with Crippen molar-refractivity contribution in [3.63, 3.8) is 0 Å². The predicted octanol–water partition coefficient (Wildman–Crippen LogP) is 3.08. The Morgan fingerprint density at radius 1 is 1.24 bits per heavy atom. The van der Waals surface area contributed by atoms with Crippen molar-refractivity contribution in [2.45, 2.75) is 13.5 Å². The summed E-state index contributed by atoms with van der Waals surface area (Å²) in [5, 5.41) is 4.21. The lowest BCUT2D eigenvalue weighted by atomic mass is 10.1. The molecule has 0 spiro atoms. The van der Waals surface area contributed by atoms with Crippen molar-refractivity contribution in [3.05, 3.63) is 57.4 Å². The van der Waals surface area contributed by atoms with Gasteiger partial charge >= 0.3 is 0 Å². The molecule has 0 saturated carbocycles. The first-order valence-electron chi connectivity index (χ1n) is 6.58. The van der Waals surface area contributed by atoms with Crippen LogP contribution in [0.15, 0.2) is 51.9 Å². The molecule has 3 rings (SSSR count). The van der Waals surface area contributed by atoms with Gasteiger partial charge in [-0.1, -0.05) is 30.3 Å². The summed E-state index contributed by atoms with van der Waals surface area (Å²) >= 11 is 3.32. The van der Waals surface area contributed by atoms with Crippen LogP contribution in [0.25, 0.3) is 22.8 Å². The zero-order chi connectivity index (χ0) is 14.8. The van der Waals surface area contributed by atoms with Gasteiger partial charge in [0.15, 0.2) is 5.82 Å². The lowest BCUT2D eigenvalue weighted by Crippen LogP contribution is -2.13. The van der Waals surface area contributed by atoms with Crippen LogP contribution in [0.2, 0.25) is 0 Å². The molecule has 1 aromatic carbocycles. The molecule has 3 aromatic rings. The molecule has 1 N–H and O–H groups in total. The molecule has 106 valence electrons. The summed E-state index contributed by atoms with van der Waals surface area (Å²) in [6, 6.07) is 11.4. The number of halogens is 1. The van der Waals surface area contributed by atoms with E-state index in [4.69, 9.17) is 0 Å². The van der Waals surface area contributed by atoms with Crippen LogP contribution in [0.5, 0.6) is 0 Å². The zero-order valence-corrected chi connectivity index (χ0v) is 13.0. The molecular formula is C15H13BrN4O. The van der Waals surface area contributed by atoms with Crippen LogP contribution in [0.3, 0.4) is 0 Å². The number of nitrogens with zero attached hydrogens (tertiary/aromatic N) is 3. The summed E-state index contributed by atoms with van der Waals surface area (Å²) in [6.07, 6.45) is 1.70. The SMILES string of the molecule is CCn1nccc1-c1nc(-c2ccccc2)c(Br)c(=O)[nH]1. The smallest absolute Gasteiger partial charge is 0.266 e. The highest BCUT2D eigenvalue weighted by atomic mass is 79.9. The number of benzene rings is 1. The van der Waals surface area contributed by atoms with Gasteiger partial charge in [-0.15, -0.1) is 0 Å². The second kappa shape index (κ2) is 5.65. The fourth-order valence-electron chi connectivity index (χ4n) is 2.15. The van der Waals surface area contributed by atoms with Crippen LogP contribution in [-0.4, -0.2) is 19.7 Å². The van der Waals surface area contributed by atoms with E-state index in [0.29, 0.717) is 22.5 Å². The Labute approximate surface area is 129 Å². The van der Waals surface area contributed by atoms with Crippen molar-refractivity contribution in [1.82, 2.24) is 19.7 Å². The van der Waals surface area contributed by atoms with Gasteiger partial charge in [0, 0.05) is 18.3 Å². The minimum atomic E-state index is -0.206. The molecule has 0 bridgehead atoms. The zero-order valence-electron chi connectivity index (χ0n) is 11.4. The van der Waals surface area contributed by atoms with E-state index < -0.39 is 0 Å². The second-order valence-corrected chi connectivity index (χ2v) is 5.27. The van der Waals surface area contributed by atoms with Gasteiger partial charge in [0.2, 0.25) is 0 Å². The van der Waals surface area contributed by atoms with Crippen LogP contribution >= 0.6 is 15.9 Å². The Kier molecular flexibility index (Phi) is 3.70. The minimum absolute atomic E-state index is 0.206. The highest BCUT2D eigenvalue weighted by molar-refractivity contribution is 9.10. The van der Waals surface area contributed by atoms with Crippen LogP contribution in [0.1, 0.15) is 6.92 Å². The lowest BCUT2D eigenvalue weighted by molar-refractivity contribution is 0.663. The fourth-order valence-corrected chi connectivity index (χ4v) is 2.57. The average Bonchev–Trinajstić information content (AvgIpc) is 2.99. The Morgan fingerprint density at radius 2 is 2.00 bits per heavy atom. The lowest BCUT2D eigenvalue weighted by Gasteiger charge is -2.08. The molecule has 0 unspecified atom stereocenters. The van der Waals surface area contributed by atoms with Crippen molar-refractivity contribution in [2.24, 2.45) is 0 Å². The van der Waals surface area contributed by atoms with Gasteiger partial charge in [-0.05, 0) is 28.9 Å². The number of hydrogen-bond acceptors (Lipinski definition) is 3. The third-order valence-electron chi connectivity index (χ3n) is 3.17. The summed E-state index contributed by atoms with van der Waals surface area (Å²) < 4.78 is 2.22. The molecule has 21 heavy (non-hydrogen) atoms. The van der Waals surface area contributed by atoms with Gasteiger partial charge in [0.1, 0.15) is 10.2 Å². The molecule has 0 aliphatic carbocycles. The van der Waals surface area contributed by atoms with E-state index in [1.807, 2.05) is 43.3 Å². The highest BCUT2D eigenvalue weighted by Crippen LogP contribution is 2.25. The van der Waals surface area contributed by atoms with Crippen LogP contribution in [0, 0.1) is 0 Å². The third-order valence-corrected chi connectivity index (χ3v) is 3.90.